The molecule has 13 N–H and O–H groups in total. The molecule has 0 aromatic heterocycles. The van der Waals surface area contributed by atoms with Gasteiger partial charge < -0.3 is 100.0 Å². The van der Waals surface area contributed by atoms with Crippen LogP contribution in [0.1, 0.15) is 20.3 Å². The van der Waals surface area contributed by atoms with E-state index < -0.39 is 155 Å². The van der Waals surface area contributed by atoms with Gasteiger partial charge in [0.1, 0.15) is 79.2 Å². The van der Waals surface area contributed by atoms with Crippen molar-refractivity contribution in [1.29, 1.82) is 0 Å². The average molecular weight is 733 g/mol. The third-order valence-electron chi connectivity index (χ3n) is 8.83. The molecule has 0 unspecified atom stereocenters. The normalized spacial score (nSPS) is 47.0. The second kappa shape index (κ2) is 17.8. The Balaban J connectivity index is 1.55. The molecule has 0 aromatic carbocycles. The van der Waals surface area contributed by atoms with Crippen LogP contribution in [-0.2, 0) is 42.7 Å². The maximum absolute atomic E-state index is 11.9. The minimum absolute atomic E-state index is 0.212. The molecular weight excluding hydrogens is 684 g/mol. The Labute approximate surface area is 285 Å². The molecule has 4 aliphatic rings. The molecule has 0 spiro atoms. The van der Waals surface area contributed by atoms with E-state index in [-0.39, 0.29) is 6.42 Å². The number of ether oxygens (including phenoxy) is 7. The molecule has 50 heavy (non-hydrogen) atoms. The molecule has 4 fully saturated rings. The first kappa shape index (κ1) is 41.0. The molecule has 4 heterocycles. The van der Waals surface area contributed by atoms with E-state index in [0.717, 1.165) is 13.8 Å². The van der Waals surface area contributed by atoms with Gasteiger partial charge in [0.05, 0.1) is 38.6 Å². The van der Waals surface area contributed by atoms with Gasteiger partial charge in [-0.3, -0.25) is 9.59 Å². The average Bonchev–Trinajstić information content (AvgIpc) is 3.06. The molecule has 2 amide bonds. The molecule has 0 aliphatic carbocycles. The van der Waals surface area contributed by atoms with Gasteiger partial charge in [0.15, 0.2) is 25.2 Å². The highest BCUT2D eigenvalue weighted by molar-refractivity contribution is 5.73. The van der Waals surface area contributed by atoms with Crippen molar-refractivity contribution in [2.75, 3.05) is 26.4 Å². The van der Waals surface area contributed by atoms with Crippen LogP contribution in [0, 0.1) is 0 Å². The first-order valence-electron chi connectivity index (χ1n) is 16.0. The zero-order valence-electron chi connectivity index (χ0n) is 27.1. The van der Waals surface area contributed by atoms with Gasteiger partial charge in [-0.05, 0) is 0 Å². The van der Waals surface area contributed by atoms with Crippen LogP contribution in [0.3, 0.4) is 0 Å². The van der Waals surface area contributed by atoms with E-state index in [4.69, 9.17) is 33.2 Å². The van der Waals surface area contributed by atoms with Crippen molar-refractivity contribution in [3.63, 3.8) is 0 Å². The minimum Gasteiger partial charge on any atom is -0.394 e. The smallest absolute Gasteiger partial charge is 0.217 e. The number of aliphatic hydroxyl groups excluding tert-OH is 11. The second-order valence-electron chi connectivity index (χ2n) is 12.6. The maximum atomic E-state index is 11.9. The molecule has 22 nitrogen and oxygen atoms in total. The Kier molecular flexibility index (Phi) is 14.6. The largest absolute Gasteiger partial charge is 0.394 e. The number of aliphatic hydroxyl groups is 11. The quantitative estimate of drug-likeness (QED) is 0.0886. The fourth-order valence-electron chi connectivity index (χ4n) is 6.11. The van der Waals surface area contributed by atoms with Gasteiger partial charge in [0.2, 0.25) is 11.8 Å². The number of hydrogen-bond acceptors (Lipinski definition) is 20. The van der Waals surface area contributed by atoms with E-state index in [9.17, 15) is 65.8 Å². The summed E-state index contributed by atoms with van der Waals surface area (Å²) in [5.74, 6) is -1.31. The summed E-state index contributed by atoms with van der Waals surface area (Å²) in [6.45, 7) is -0.409. The van der Waals surface area contributed by atoms with Crippen molar-refractivity contribution in [3.05, 3.63) is 0 Å². The van der Waals surface area contributed by atoms with Crippen LogP contribution in [-0.4, -0.2) is 211 Å². The third-order valence-corrected chi connectivity index (χ3v) is 8.83. The lowest BCUT2D eigenvalue weighted by molar-refractivity contribution is -0.364. The van der Waals surface area contributed by atoms with Crippen molar-refractivity contribution in [1.82, 2.24) is 10.6 Å². The SMILES string of the molecule is CC(=O)N[C@H]1[C@H](OC[C@H]2O[C@H](OC[C@@H]3C[C@H](O)[C@@H](O)[C@H](O)O3)[C@@H](O[C@@H]3O[C@H](CO)[C@@H](O)[C@H](O)[C@H]3NC(C)=O)[C@@H](O)[C@@H]2O)O[C@H](CO)[C@@H](O)[C@@H]1O. The number of nitrogens with one attached hydrogen (secondary N) is 2. The van der Waals surface area contributed by atoms with Gasteiger partial charge in [-0.1, -0.05) is 0 Å². The van der Waals surface area contributed by atoms with Gasteiger partial charge in [0, 0.05) is 20.3 Å². The zero-order chi connectivity index (χ0) is 37.0. The van der Waals surface area contributed by atoms with Crippen molar-refractivity contribution >= 4 is 11.8 Å². The zero-order valence-corrected chi connectivity index (χ0v) is 27.1. The van der Waals surface area contributed by atoms with Crippen LogP contribution in [0.5, 0.6) is 0 Å². The van der Waals surface area contributed by atoms with E-state index in [2.05, 4.69) is 10.6 Å². The fraction of sp³-hybridized carbons (Fsp3) is 0.929. The monoisotopic (exact) mass is 732 g/mol. The van der Waals surface area contributed by atoms with Gasteiger partial charge in [-0.25, -0.2) is 0 Å². The summed E-state index contributed by atoms with van der Waals surface area (Å²) < 4.78 is 39.6. The van der Waals surface area contributed by atoms with Crippen LogP contribution >= 0.6 is 0 Å². The molecule has 0 radical (unpaired) electrons. The van der Waals surface area contributed by atoms with Crippen molar-refractivity contribution in [2.45, 2.75) is 137 Å². The molecule has 4 rings (SSSR count). The summed E-state index contributed by atoms with van der Waals surface area (Å²) in [5.41, 5.74) is 0. The number of rotatable bonds is 12. The van der Waals surface area contributed by atoms with Crippen LogP contribution in [0.15, 0.2) is 0 Å². The topological polar surface area (TPSA) is 345 Å². The summed E-state index contributed by atoms with van der Waals surface area (Å²) in [6, 6.07) is -2.83. The highest BCUT2D eigenvalue weighted by Crippen LogP contribution is 2.32. The van der Waals surface area contributed by atoms with E-state index in [1.807, 2.05) is 0 Å². The molecule has 0 aromatic rings. The summed E-state index contributed by atoms with van der Waals surface area (Å²) >= 11 is 0. The molecule has 4 aliphatic heterocycles. The lowest BCUT2D eigenvalue weighted by Crippen LogP contribution is -2.68. The predicted octanol–water partition coefficient (Wildman–Crippen LogP) is -8.43. The Morgan fingerprint density at radius 2 is 1.08 bits per heavy atom. The van der Waals surface area contributed by atoms with Crippen LogP contribution < -0.4 is 10.6 Å². The first-order chi connectivity index (χ1) is 23.6. The van der Waals surface area contributed by atoms with Crippen LogP contribution in [0.4, 0.5) is 0 Å². The second-order valence-corrected chi connectivity index (χ2v) is 12.6. The van der Waals surface area contributed by atoms with Crippen LogP contribution in [0.2, 0.25) is 0 Å². The Bertz CT molecular complexity index is 1100. The van der Waals surface area contributed by atoms with Crippen molar-refractivity contribution in [2.24, 2.45) is 0 Å². The molecule has 0 saturated carbocycles. The number of amides is 2. The minimum atomic E-state index is -1.93. The molecule has 290 valence electrons. The predicted molar refractivity (Wildman–Crippen MR) is 156 cm³/mol. The third kappa shape index (κ3) is 9.41. The highest BCUT2D eigenvalue weighted by Gasteiger charge is 2.53. The van der Waals surface area contributed by atoms with Gasteiger partial charge in [-0.15, -0.1) is 0 Å². The molecule has 4 saturated heterocycles. The Hall–Kier alpha value is -1.78. The lowest BCUT2D eigenvalue weighted by Gasteiger charge is -2.48. The number of carbonyl (C=O) groups is 2. The lowest BCUT2D eigenvalue weighted by atomic mass is 9.95. The van der Waals surface area contributed by atoms with Gasteiger partial charge in [0.25, 0.3) is 0 Å². The summed E-state index contributed by atoms with van der Waals surface area (Å²) in [5, 5.41) is 118. The molecule has 0 bridgehead atoms. The van der Waals surface area contributed by atoms with Crippen molar-refractivity contribution in [3.8, 4) is 0 Å². The maximum Gasteiger partial charge on any atom is 0.217 e. The highest BCUT2D eigenvalue weighted by atomic mass is 16.8. The van der Waals surface area contributed by atoms with Crippen LogP contribution in [0.25, 0.3) is 0 Å². The molecular formula is C28H48N2O20. The summed E-state index contributed by atoms with van der Waals surface area (Å²) in [4.78, 5) is 23.7. The first-order valence-corrected chi connectivity index (χ1v) is 16.0. The van der Waals surface area contributed by atoms with E-state index in [1.165, 1.54) is 0 Å². The molecule has 22 heteroatoms. The van der Waals surface area contributed by atoms with E-state index in [1.54, 1.807) is 0 Å². The fourth-order valence-corrected chi connectivity index (χ4v) is 6.11. The van der Waals surface area contributed by atoms with E-state index in [0.29, 0.717) is 0 Å². The Morgan fingerprint density at radius 3 is 1.60 bits per heavy atom. The van der Waals surface area contributed by atoms with E-state index >= 15 is 0 Å². The van der Waals surface area contributed by atoms with Gasteiger partial charge >= 0.3 is 0 Å². The summed E-state index contributed by atoms with van der Waals surface area (Å²) in [6.07, 6.45) is -27.4. The number of hydrogen-bond donors (Lipinski definition) is 13. The van der Waals surface area contributed by atoms with Crippen molar-refractivity contribution < 1.29 is 98.9 Å². The Morgan fingerprint density at radius 1 is 0.600 bits per heavy atom. The molecule has 19 atom stereocenters. The summed E-state index contributed by atoms with van der Waals surface area (Å²) in [7, 11) is 0. The van der Waals surface area contributed by atoms with Gasteiger partial charge in [-0.2, -0.15) is 0 Å². The standard InChI is InChI=1S/C28H48N2O20/c1-8(33)29-15-21(40)18(37)12(4-31)47-26(15)45-7-14-20(39)23(42)24(28(49-14)44-6-10-3-11(35)17(36)25(43)46-10)50-27-16(30-9(2)34)22(41)19(38)13(5-32)48-27/h10-28,31-32,35-43H,3-7H2,1-2H3,(H,29,33)(H,30,34)/t10-,11-,12+,13+,14+,15+,16+,17+,18+,19+,20+,21+,22+,23-,24-,25+,26+,27-,28-/m0/s1. The number of carbonyl (C=O) groups excluding carboxylic acids is 2.